The standard InChI is InChI=1S/C22H23F3N2O3/c1-3-15(12-20(28)29)16-7-10-18(21(30-4-2)22(23,24)25)19(11-16)27-17-8-5-14(13-26)6-9-17/h5-11,15,21,27H,3-4,12H2,1-2H3,(H,28,29)/t15-,21+/m0/s1. The maximum Gasteiger partial charge on any atom is 0.418 e. The second-order valence-electron chi connectivity index (χ2n) is 6.74. The Bertz CT molecular complexity index is 905. The van der Waals surface area contributed by atoms with E-state index in [0.717, 1.165) is 0 Å². The van der Waals surface area contributed by atoms with Crippen LogP contribution in [-0.2, 0) is 9.53 Å². The number of benzene rings is 2. The van der Waals surface area contributed by atoms with Gasteiger partial charge >= 0.3 is 12.1 Å². The van der Waals surface area contributed by atoms with Crippen LogP contribution >= 0.6 is 0 Å². The maximum atomic E-state index is 13.6. The first kappa shape index (κ1) is 23.2. The number of halogens is 3. The second-order valence-corrected chi connectivity index (χ2v) is 6.74. The Kier molecular flexibility index (Phi) is 7.84. The lowest BCUT2D eigenvalue weighted by Gasteiger charge is -2.25. The molecule has 2 atom stereocenters. The average Bonchev–Trinajstić information content (AvgIpc) is 2.70. The van der Waals surface area contributed by atoms with Crippen molar-refractivity contribution in [3.8, 4) is 6.07 Å². The molecule has 0 fully saturated rings. The number of rotatable bonds is 9. The van der Waals surface area contributed by atoms with Crippen LogP contribution in [0.15, 0.2) is 42.5 Å². The first-order valence-electron chi connectivity index (χ1n) is 9.50. The van der Waals surface area contributed by atoms with E-state index in [9.17, 15) is 18.0 Å². The third-order valence-electron chi connectivity index (χ3n) is 4.67. The molecule has 0 aromatic heterocycles. The third kappa shape index (κ3) is 5.97. The lowest BCUT2D eigenvalue weighted by molar-refractivity contribution is -0.222. The molecule has 0 saturated carbocycles. The van der Waals surface area contributed by atoms with E-state index in [2.05, 4.69) is 5.32 Å². The smallest absolute Gasteiger partial charge is 0.418 e. The van der Waals surface area contributed by atoms with Gasteiger partial charge < -0.3 is 15.2 Å². The summed E-state index contributed by atoms with van der Waals surface area (Å²) in [5.41, 5.74) is 1.62. The minimum atomic E-state index is -4.62. The molecule has 0 heterocycles. The summed E-state index contributed by atoms with van der Waals surface area (Å²) in [6, 6.07) is 12.7. The Balaban J connectivity index is 2.54. The van der Waals surface area contributed by atoms with Crippen LogP contribution in [0.2, 0.25) is 0 Å². The zero-order chi connectivity index (χ0) is 22.3. The summed E-state index contributed by atoms with van der Waals surface area (Å²) in [5.74, 6) is -1.32. The SMILES string of the molecule is CCO[C@H](c1ccc([C@@H](CC)CC(=O)O)cc1Nc1ccc(C#N)cc1)C(F)(F)F. The van der Waals surface area contributed by atoms with Crippen LogP contribution < -0.4 is 5.32 Å². The van der Waals surface area contributed by atoms with Crippen LogP contribution in [0.1, 0.15) is 55.4 Å². The first-order valence-corrected chi connectivity index (χ1v) is 9.50. The van der Waals surface area contributed by atoms with Crippen LogP contribution in [0.3, 0.4) is 0 Å². The number of nitriles is 1. The molecule has 0 unspecified atom stereocenters. The van der Waals surface area contributed by atoms with Crippen molar-refractivity contribution >= 4 is 17.3 Å². The highest BCUT2D eigenvalue weighted by atomic mass is 19.4. The predicted octanol–water partition coefficient (Wildman–Crippen LogP) is 5.91. The summed E-state index contributed by atoms with van der Waals surface area (Å²) in [6.45, 7) is 3.19. The molecule has 160 valence electrons. The molecule has 2 N–H and O–H groups in total. The molecule has 30 heavy (non-hydrogen) atoms. The van der Waals surface area contributed by atoms with Gasteiger partial charge in [-0.15, -0.1) is 0 Å². The van der Waals surface area contributed by atoms with E-state index in [-0.39, 0.29) is 30.2 Å². The Morgan fingerprint density at radius 2 is 1.87 bits per heavy atom. The molecule has 0 aliphatic rings. The van der Waals surface area contributed by atoms with Gasteiger partial charge in [0.15, 0.2) is 6.10 Å². The number of ether oxygens (including phenoxy) is 1. The minimum absolute atomic E-state index is 0.0948. The number of carboxylic acids is 1. The van der Waals surface area contributed by atoms with Crippen LogP contribution in [0.25, 0.3) is 0 Å². The maximum absolute atomic E-state index is 13.6. The molecule has 0 spiro atoms. The Labute approximate surface area is 173 Å². The lowest BCUT2D eigenvalue weighted by atomic mass is 9.91. The Morgan fingerprint density at radius 3 is 2.37 bits per heavy atom. The van der Waals surface area contributed by atoms with Gasteiger partial charge in [-0.25, -0.2) is 0 Å². The summed E-state index contributed by atoms with van der Waals surface area (Å²) >= 11 is 0. The van der Waals surface area contributed by atoms with E-state index in [1.165, 1.54) is 19.1 Å². The molecule has 0 amide bonds. The highest BCUT2D eigenvalue weighted by molar-refractivity contribution is 5.69. The molecule has 2 aromatic carbocycles. The first-order chi connectivity index (χ1) is 14.2. The zero-order valence-electron chi connectivity index (χ0n) is 16.7. The predicted molar refractivity (Wildman–Crippen MR) is 107 cm³/mol. The number of anilines is 2. The number of alkyl halides is 3. The van der Waals surface area contributed by atoms with Gasteiger partial charge in [-0.2, -0.15) is 18.4 Å². The highest BCUT2D eigenvalue weighted by Gasteiger charge is 2.43. The van der Waals surface area contributed by atoms with E-state index in [0.29, 0.717) is 23.2 Å². The molecular formula is C22H23F3N2O3. The van der Waals surface area contributed by atoms with Crippen molar-refractivity contribution in [2.24, 2.45) is 0 Å². The van der Waals surface area contributed by atoms with Gasteiger partial charge in [-0.1, -0.05) is 19.1 Å². The van der Waals surface area contributed by atoms with Crippen molar-refractivity contribution in [3.63, 3.8) is 0 Å². The van der Waals surface area contributed by atoms with E-state index in [1.807, 2.05) is 13.0 Å². The number of hydrogen-bond acceptors (Lipinski definition) is 4. The largest absolute Gasteiger partial charge is 0.481 e. The van der Waals surface area contributed by atoms with Gasteiger partial charge in [0.2, 0.25) is 0 Å². The fourth-order valence-corrected chi connectivity index (χ4v) is 3.18. The van der Waals surface area contributed by atoms with Gasteiger partial charge in [0.1, 0.15) is 0 Å². The number of nitrogens with zero attached hydrogens (tertiary/aromatic N) is 1. The van der Waals surface area contributed by atoms with Crippen molar-refractivity contribution in [1.29, 1.82) is 5.26 Å². The monoisotopic (exact) mass is 420 g/mol. The Hall–Kier alpha value is -3.05. The average molecular weight is 420 g/mol. The summed E-state index contributed by atoms with van der Waals surface area (Å²) in [5, 5.41) is 21.0. The number of nitrogens with one attached hydrogen (secondary N) is 1. The van der Waals surface area contributed by atoms with Gasteiger partial charge in [0, 0.05) is 23.5 Å². The molecule has 8 heteroatoms. The van der Waals surface area contributed by atoms with E-state index >= 15 is 0 Å². The molecule has 2 rings (SSSR count). The van der Waals surface area contributed by atoms with Crippen LogP contribution in [0.5, 0.6) is 0 Å². The number of hydrogen-bond donors (Lipinski definition) is 2. The van der Waals surface area contributed by atoms with Gasteiger partial charge in [0.25, 0.3) is 0 Å². The van der Waals surface area contributed by atoms with Crippen LogP contribution in [0, 0.1) is 11.3 Å². The van der Waals surface area contributed by atoms with Gasteiger partial charge in [-0.05, 0) is 55.2 Å². The highest BCUT2D eigenvalue weighted by Crippen LogP contribution is 2.41. The van der Waals surface area contributed by atoms with Crippen molar-refractivity contribution in [2.75, 3.05) is 11.9 Å². The molecule has 5 nitrogen and oxygen atoms in total. The fraction of sp³-hybridized carbons (Fsp3) is 0.364. The van der Waals surface area contributed by atoms with Crippen molar-refractivity contribution in [2.45, 2.75) is 44.9 Å². The summed E-state index contributed by atoms with van der Waals surface area (Å²) < 4.78 is 45.9. The van der Waals surface area contributed by atoms with Crippen LogP contribution in [-0.4, -0.2) is 23.9 Å². The lowest BCUT2D eigenvalue weighted by Crippen LogP contribution is -2.24. The quantitative estimate of drug-likeness (QED) is 0.527. The number of carboxylic acid groups (broad SMARTS) is 1. The summed E-state index contributed by atoms with van der Waals surface area (Å²) in [4.78, 5) is 11.2. The molecule has 0 aliphatic carbocycles. The number of carbonyl (C=O) groups is 1. The third-order valence-corrected chi connectivity index (χ3v) is 4.67. The van der Waals surface area contributed by atoms with Crippen LogP contribution in [0.4, 0.5) is 24.5 Å². The molecule has 0 radical (unpaired) electrons. The second kappa shape index (κ2) is 10.1. The van der Waals surface area contributed by atoms with Gasteiger partial charge in [-0.3, -0.25) is 4.79 Å². The molecule has 0 saturated heterocycles. The summed E-state index contributed by atoms with van der Waals surface area (Å²) in [6.07, 6.45) is -6.35. The van der Waals surface area contributed by atoms with Crippen molar-refractivity contribution in [1.82, 2.24) is 0 Å². The van der Waals surface area contributed by atoms with Crippen molar-refractivity contribution < 1.29 is 27.8 Å². The Morgan fingerprint density at radius 1 is 1.20 bits per heavy atom. The summed E-state index contributed by atoms with van der Waals surface area (Å²) in [7, 11) is 0. The normalized spacial score (nSPS) is 13.3. The van der Waals surface area contributed by atoms with E-state index in [4.69, 9.17) is 15.1 Å². The minimum Gasteiger partial charge on any atom is -0.481 e. The van der Waals surface area contributed by atoms with Gasteiger partial charge in [0.05, 0.1) is 18.1 Å². The van der Waals surface area contributed by atoms with E-state index < -0.39 is 18.2 Å². The molecule has 0 bridgehead atoms. The zero-order valence-corrected chi connectivity index (χ0v) is 16.7. The van der Waals surface area contributed by atoms with E-state index in [1.54, 1.807) is 30.3 Å². The number of aliphatic carboxylic acids is 1. The molecule has 2 aromatic rings. The topological polar surface area (TPSA) is 82.3 Å². The fourth-order valence-electron chi connectivity index (χ4n) is 3.18. The molecular weight excluding hydrogens is 397 g/mol. The van der Waals surface area contributed by atoms with Crippen molar-refractivity contribution in [3.05, 3.63) is 59.2 Å². The molecule has 0 aliphatic heterocycles.